The fourth-order valence-corrected chi connectivity index (χ4v) is 2.51. The molecule has 1 fully saturated rings. The molecule has 2 aliphatic rings. The Hall–Kier alpha value is -0.310. The number of nitrogens with one attached hydrogen (secondary N) is 1. The first-order valence-corrected chi connectivity index (χ1v) is 5.12. The topological polar surface area (TPSA) is 15.3 Å². The van der Waals surface area contributed by atoms with Crippen LogP contribution in [0.3, 0.4) is 0 Å². The van der Waals surface area contributed by atoms with Gasteiger partial charge in [0.25, 0.3) is 0 Å². The third-order valence-electron chi connectivity index (χ3n) is 2.16. The normalized spacial score (nSPS) is 30.5. The van der Waals surface area contributed by atoms with Crippen molar-refractivity contribution in [3.63, 3.8) is 0 Å². The lowest BCUT2D eigenvalue weighted by molar-refractivity contribution is 0.456. The summed E-state index contributed by atoms with van der Waals surface area (Å²) >= 11 is 1.94. The Bertz CT molecular complexity index is 173. The van der Waals surface area contributed by atoms with Crippen LogP contribution in [0.25, 0.3) is 0 Å². The van der Waals surface area contributed by atoms with Crippen molar-refractivity contribution in [1.82, 2.24) is 10.2 Å². The zero-order valence-corrected chi connectivity index (χ0v) is 7.66. The minimum absolute atomic E-state index is 0.575. The van der Waals surface area contributed by atoms with Crippen LogP contribution in [-0.4, -0.2) is 23.4 Å². The van der Waals surface area contributed by atoms with Crippen LogP contribution in [0.2, 0.25) is 0 Å². The molecule has 2 aliphatic heterocycles. The first-order valence-electron chi connectivity index (χ1n) is 4.24. The molecule has 2 nitrogen and oxygen atoms in total. The summed E-state index contributed by atoms with van der Waals surface area (Å²) in [6, 6.07) is 0. The number of likely N-dealkylation sites (tertiary alicyclic amines) is 1. The summed E-state index contributed by atoms with van der Waals surface area (Å²) in [6.07, 6.45) is 4.89. The van der Waals surface area contributed by atoms with Gasteiger partial charge < -0.3 is 10.2 Å². The van der Waals surface area contributed by atoms with Crippen LogP contribution in [0, 0.1) is 0 Å². The Morgan fingerprint density at radius 3 is 2.82 bits per heavy atom. The average molecular weight is 170 g/mol. The van der Waals surface area contributed by atoms with E-state index in [1.807, 2.05) is 11.8 Å². The molecule has 0 bridgehead atoms. The van der Waals surface area contributed by atoms with Gasteiger partial charge in [-0.2, -0.15) is 0 Å². The second-order valence-corrected chi connectivity index (χ2v) is 4.46. The van der Waals surface area contributed by atoms with Crippen molar-refractivity contribution in [2.45, 2.75) is 25.1 Å². The third-order valence-corrected chi connectivity index (χ3v) is 3.26. The molecule has 3 heteroatoms. The smallest absolute Gasteiger partial charge is 0.0887 e. The largest absolute Gasteiger partial charge is 0.377 e. The maximum absolute atomic E-state index is 3.31. The zero-order chi connectivity index (χ0) is 7.68. The van der Waals surface area contributed by atoms with Crippen molar-refractivity contribution in [2.24, 2.45) is 0 Å². The van der Waals surface area contributed by atoms with E-state index in [1.165, 1.54) is 31.0 Å². The Labute approximate surface area is 72.0 Å². The van der Waals surface area contributed by atoms with Crippen molar-refractivity contribution in [3.8, 4) is 0 Å². The van der Waals surface area contributed by atoms with Gasteiger partial charge >= 0.3 is 0 Å². The number of thioether (sulfide) groups is 1. The second-order valence-electron chi connectivity index (χ2n) is 3.10. The van der Waals surface area contributed by atoms with E-state index in [-0.39, 0.29) is 0 Å². The molecular weight excluding hydrogens is 156 g/mol. The van der Waals surface area contributed by atoms with E-state index in [0.29, 0.717) is 5.37 Å². The van der Waals surface area contributed by atoms with Crippen LogP contribution in [-0.2, 0) is 0 Å². The molecule has 0 saturated carbocycles. The standard InChI is InChI=1S/C8H14N2S/c1-7-9-6-8(11-7)10-4-2-3-5-10/h6-7,9H,2-5H2,1H3. The molecule has 1 saturated heterocycles. The van der Waals surface area contributed by atoms with Crippen LogP contribution in [0.4, 0.5) is 0 Å². The molecule has 0 aromatic rings. The van der Waals surface area contributed by atoms with Gasteiger partial charge in [0.2, 0.25) is 0 Å². The van der Waals surface area contributed by atoms with E-state index in [9.17, 15) is 0 Å². The highest BCUT2D eigenvalue weighted by atomic mass is 32.2. The van der Waals surface area contributed by atoms with Crippen LogP contribution < -0.4 is 5.32 Å². The summed E-state index contributed by atoms with van der Waals surface area (Å²) in [5, 5.41) is 5.32. The van der Waals surface area contributed by atoms with E-state index >= 15 is 0 Å². The predicted molar refractivity (Wildman–Crippen MR) is 49.1 cm³/mol. The number of rotatable bonds is 1. The maximum atomic E-state index is 3.31. The van der Waals surface area contributed by atoms with Crippen molar-refractivity contribution < 1.29 is 0 Å². The van der Waals surface area contributed by atoms with E-state index in [0.717, 1.165) is 0 Å². The number of hydrogen-bond acceptors (Lipinski definition) is 3. The van der Waals surface area contributed by atoms with Gasteiger partial charge in [-0.3, -0.25) is 0 Å². The van der Waals surface area contributed by atoms with Crippen LogP contribution in [0.5, 0.6) is 0 Å². The lowest BCUT2D eigenvalue weighted by Crippen LogP contribution is -2.15. The SMILES string of the molecule is CC1NC=C(N2CCCC2)S1. The Balaban J connectivity index is 1.94. The second kappa shape index (κ2) is 2.97. The van der Waals surface area contributed by atoms with Gasteiger partial charge in [0.1, 0.15) is 0 Å². The minimum atomic E-state index is 0.575. The van der Waals surface area contributed by atoms with Crippen LogP contribution in [0.15, 0.2) is 11.2 Å². The zero-order valence-electron chi connectivity index (χ0n) is 6.84. The van der Waals surface area contributed by atoms with E-state index in [2.05, 4.69) is 23.3 Å². The molecule has 1 atom stereocenters. The molecule has 62 valence electrons. The van der Waals surface area contributed by atoms with Crippen molar-refractivity contribution in [1.29, 1.82) is 0 Å². The Morgan fingerprint density at radius 2 is 2.27 bits per heavy atom. The molecule has 0 amide bonds. The Kier molecular flexibility index (Phi) is 1.98. The summed E-state index contributed by atoms with van der Waals surface area (Å²) in [5.41, 5.74) is 0. The van der Waals surface area contributed by atoms with Crippen LogP contribution >= 0.6 is 11.8 Å². The van der Waals surface area contributed by atoms with Gasteiger partial charge in [-0.1, -0.05) is 11.8 Å². The van der Waals surface area contributed by atoms with Crippen molar-refractivity contribution >= 4 is 11.8 Å². The average Bonchev–Trinajstić information content (AvgIpc) is 2.55. The van der Waals surface area contributed by atoms with Crippen molar-refractivity contribution in [2.75, 3.05) is 13.1 Å². The van der Waals surface area contributed by atoms with Gasteiger partial charge in [0.15, 0.2) is 0 Å². The molecule has 2 heterocycles. The first kappa shape index (κ1) is 7.35. The molecule has 0 spiro atoms. The predicted octanol–water partition coefficient (Wildman–Crippen LogP) is 1.56. The van der Waals surface area contributed by atoms with E-state index in [1.54, 1.807) is 0 Å². The molecule has 0 aliphatic carbocycles. The molecule has 0 aromatic heterocycles. The number of hydrogen-bond donors (Lipinski definition) is 1. The molecular formula is C8H14N2S. The lowest BCUT2D eigenvalue weighted by atomic mass is 10.4. The Morgan fingerprint density at radius 1 is 1.55 bits per heavy atom. The fourth-order valence-electron chi connectivity index (χ4n) is 1.54. The van der Waals surface area contributed by atoms with Gasteiger partial charge in [-0.15, -0.1) is 0 Å². The lowest BCUT2D eigenvalue weighted by Gasteiger charge is -2.17. The maximum Gasteiger partial charge on any atom is 0.0887 e. The summed E-state index contributed by atoms with van der Waals surface area (Å²) in [4.78, 5) is 2.47. The molecule has 0 radical (unpaired) electrons. The highest BCUT2D eigenvalue weighted by molar-refractivity contribution is 8.03. The molecule has 1 N–H and O–H groups in total. The van der Waals surface area contributed by atoms with Gasteiger partial charge in [0.05, 0.1) is 10.4 Å². The highest BCUT2D eigenvalue weighted by Gasteiger charge is 2.20. The van der Waals surface area contributed by atoms with Gasteiger partial charge in [0, 0.05) is 19.3 Å². The highest BCUT2D eigenvalue weighted by Crippen LogP contribution is 2.30. The molecule has 11 heavy (non-hydrogen) atoms. The van der Waals surface area contributed by atoms with E-state index in [4.69, 9.17) is 0 Å². The molecule has 2 rings (SSSR count). The van der Waals surface area contributed by atoms with E-state index < -0.39 is 0 Å². The van der Waals surface area contributed by atoms with Gasteiger partial charge in [-0.05, 0) is 19.8 Å². The van der Waals surface area contributed by atoms with Crippen molar-refractivity contribution in [3.05, 3.63) is 11.2 Å². The summed E-state index contributed by atoms with van der Waals surface area (Å²) < 4.78 is 0. The summed E-state index contributed by atoms with van der Waals surface area (Å²) in [5.74, 6) is 0. The monoisotopic (exact) mass is 170 g/mol. The quantitative estimate of drug-likeness (QED) is 0.643. The minimum Gasteiger partial charge on any atom is -0.377 e. The van der Waals surface area contributed by atoms with Crippen LogP contribution in [0.1, 0.15) is 19.8 Å². The van der Waals surface area contributed by atoms with Gasteiger partial charge in [-0.25, -0.2) is 0 Å². The third kappa shape index (κ3) is 1.48. The summed E-state index contributed by atoms with van der Waals surface area (Å²) in [6.45, 7) is 4.71. The molecule has 0 aromatic carbocycles. The first-order chi connectivity index (χ1) is 5.36. The molecule has 1 unspecified atom stereocenters. The fraction of sp³-hybridized carbons (Fsp3) is 0.750. The number of nitrogens with zero attached hydrogens (tertiary/aromatic N) is 1. The summed E-state index contributed by atoms with van der Waals surface area (Å²) in [7, 11) is 0.